The van der Waals surface area contributed by atoms with Gasteiger partial charge in [0.2, 0.25) is 0 Å². The number of hydrogen-bond donors (Lipinski definition) is 2. The Morgan fingerprint density at radius 3 is 3.20 bits per heavy atom. The first-order chi connectivity index (χ1) is 4.79. The Hall–Kier alpha value is -1.32. The summed E-state index contributed by atoms with van der Waals surface area (Å²) >= 11 is 0. The monoisotopic (exact) mass is 138 g/mol. The van der Waals surface area contributed by atoms with E-state index < -0.39 is 0 Å². The fraction of sp³-hybridized carbons (Fsp3) is 0.333. The van der Waals surface area contributed by atoms with E-state index in [9.17, 15) is 0 Å². The number of nitrogens with zero attached hydrogens (tertiary/aromatic N) is 2. The molecule has 0 spiro atoms. The van der Waals surface area contributed by atoms with Crippen LogP contribution < -0.4 is 5.32 Å². The first-order valence-corrected chi connectivity index (χ1v) is 3.03. The van der Waals surface area contributed by atoms with Gasteiger partial charge in [0.1, 0.15) is 6.33 Å². The molecule has 1 heterocycles. The molecule has 0 saturated heterocycles. The summed E-state index contributed by atoms with van der Waals surface area (Å²) in [5.74, 6) is 0.753. The van der Waals surface area contributed by atoms with E-state index in [1.165, 1.54) is 0 Å². The molecule has 4 heteroatoms. The largest absolute Gasteiger partial charge is 0.382 e. The predicted octanol–water partition coefficient (Wildman–Crippen LogP) is 0.428. The molecule has 0 saturated carbocycles. The summed E-state index contributed by atoms with van der Waals surface area (Å²) in [7, 11) is 0. The van der Waals surface area contributed by atoms with E-state index in [4.69, 9.17) is 0 Å². The topological polar surface area (TPSA) is 53.6 Å². The fourth-order valence-electron chi connectivity index (χ4n) is 0.551. The normalized spacial score (nSPS) is 9.30. The Morgan fingerprint density at radius 1 is 1.90 bits per heavy atom. The number of H-pyrrole nitrogens is 1. The Labute approximate surface area is 59.4 Å². The van der Waals surface area contributed by atoms with Gasteiger partial charge in [-0.3, -0.25) is 5.10 Å². The van der Waals surface area contributed by atoms with Crippen molar-refractivity contribution in [2.75, 3.05) is 0 Å². The number of aromatic nitrogens is 3. The van der Waals surface area contributed by atoms with Crippen LogP contribution >= 0.6 is 0 Å². The first-order valence-electron chi connectivity index (χ1n) is 3.03. The summed E-state index contributed by atoms with van der Waals surface area (Å²) in [6.07, 6.45) is 1.55. The minimum atomic E-state index is 0.638. The molecule has 1 aromatic rings. The second-order valence-corrected chi connectivity index (χ2v) is 2.05. The average molecular weight is 138 g/mol. The van der Waals surface area contributed by atoms with Crippen LogP contribution in [0.25, 0.3) is 0 Å². The van der Waals surface area contributed by atoms with Gasteiger partial charge in [-0.25, -0.2) is 4.98 Å². The molecule has 10 heavy (non-hydrogen) atoms. The molecule has 0 aliphatic rings. The van der Waals surface area contributed by atoms with Gasteiger partial charge in [-0.1, -0.05) is 6.58 Å². The lowest BCUT2D eigenvalue weighted by molar-refractivity contribution is 0.763. The van der Waals surface area contributed by atoms with Gasteiger partial charge in [0.25, 0.3) is 0 Å². The van der Waals surface area contributed by atoms with Crippen molar-refractivity contribution in [3.63, 3.8) is 0 Å². The lowest BCUT2D eigenvalue weighted by Gasteiger charge is -1.98. The van der Waals surface area contributed by atoms with Crippen LogP contribution in [0.4, 0.5) is 0 Å². The zero-order valence-corrected chi connectivity index (χ0v) is 5.89. The number of aromatic amines is 1. The zero-order valence-electron chi connectivity index (χ0n) is 5.89. The van der Waals surface area contributed by atoms with Gasteiger partial charge in [-0.2, -0.15) is 5.10 Å². The highest BCUT2D eigenvalue weighted by Gasteiger charge is 1.92. The van der Waals surface area contributed by atoms with Crippen molar-refractivity contribution in [3.8, 4) is 0 Å². The molecule has 0 atom stereocenters. The van der Waals surface area contributed by atoms with Gasteiger partial charge >= 0.3 is 0 Å². The second kappa shape index (κ2) is 3.00. The second-order valence-electron chi connectivity index (χ2n) is 2.05. The third-order valence-electron chi connectivity index (χ3n) is 1.01. The maximum atomic E-state index is 3.92. The minimum absolute atomic E-state index is 0.638. The summed E-state index contributed by atoms with van der Waals surface area (Å²) in [6, 6.07) is 0. The summed E-state index contributed by atoms with van der Waals surface area (Å²) in [4.78, 5) is 3.92. The third-order valence-corrected chi connectivity index (χ3v) is 1.01. The SMILES string of the molecule is C=C(C)NCc1nc[nH]n1. The molecule has 0 amide bonds. The molecule has 0 bridgehead atoms. The molecule has 1 aromatic heterocycles. The maximum absolute atomic E-state index is 3.92. The third kappa shape index (κ3) is 1.89. The van der Waals surface area contributed by atoms with Crippen molar-refractivity contribution in [1.82, 2.24) is 20.5 Å². The van der Waals surface area contributed by atoms with Gasteiger partial charge in [0.15, 0.2) is 5.82 Å². The highest BCUT2D eigenvalue weighted by atomic mass is 15.2. The standard InChI is InChI=1S/C6H10N4/c1-5(2)7-3-6-8-4-9-10-6/h4,7H,1,3H2,2H3,(H,8,9,10). The van der Waals surface area contributed by atoms with Gasteiger partial charge in [-0.05, 0) is 6.92 Å². The van der Waals surface area contributed by atoms with Crippen molar-refractivity contribution in [2.24, 2.45) is 0 Å². The molecule has 0 radical (unpaired) electrons. The molecular weight excluding hydrogens is 128 g/mol. The van der Waals surface area contributed by atoms with Crippen molar-refractivity contribution in [1.29, 1.82) is 0 Å². The van der Waals surface area contributed by atoms with Crippen molar-refractivity contribution in [3.05, 3.63) is 24.4 Å². The van der Waals surface area contributed by atoms with Crippen molar-refractivity contribution >= 4 is 0 Å². The Kier molecular flexibility index (Phi) is 2.04. The van der Waals surface area contributed by atoms with Gasteiger partial charge in [-0.15, -0.1) is 0 Å². The quantitative estimate of drug-likeness (QED) is 0.636. The number of rotatable bonds is 3. The lowest BCUT2D eigenvalue weighted by Crippen LogP contribution is -2.10. The molecule has 4 nitrogen and oxygen atoms in total. The smallest absolute Gasteiger partial charge is 0.169 e. The molecule has 2 N–H and O–H groups in total. The van der Waals surface area contributed by atoms with Crippen LogP contribution in [0.15, 0.2) is 18.6 Å². The van der Waals surface area contributed by atoms with Crippen LogP contribution in [0, 0.1) is 0 Å². The van der Waals surface area contributed by atoms with E-state index >= 15 is 0 Å². The molecule has 0 unspecified atom stereocenters. The first kappa shape index (κ1) is 6.80. The van der Waals surface area contributed by atoms with Gasteiger partial charge in [0.05, 0.1) is 6.54 Å². The van der Waals surface area contributed by atoms with Gasteiger partial charge in [0, 0.05) is 5.70 Å². The van der Waals surface area contributed by atoms with Crippen molar-refractivity contribution in [2.45, 2.75) is 13.5 Å². The van der Waals surface area contributed by atoms with Crippen molar-refractivity contribution < 1.29 is 0 Å². The Morgan fingerprint density at radius 2 is 2.70 bits per heavy atom. The van der Waals surface area contributed by atoms with E-state index in [1.54, 1.807) is 6.33 Å². The average Bonchev–Trinajstić information content (AvgIpc) is 2.34. The summed E-state index contributed by atoms with van der Waals surface area (Å²) in [5, 5.41) is 9.48. The van der Waals surface area contributed by atoms with E-state index in [2.05, 4.69) is 27.1 Å². The predicted molar refractivity (Wildman–Crippen MR) is 38.0 cm³/mol. The molecule has 0 aliphatic carbocycles. The molecule has 0 fully saturated rings. The lowest BCUT2D eigenvalue weighted by atomic mass is 10.5. The minimum Gasteiger partial charge on any atom is -0.382 e. The number of nitrogens with one attached hydrogen (secondary N) is 2. The molecular formula is C6H10N4. The van der Waals surface area contributed by atoms with E-state index in [-0.39, 0.29) is 0 Å². The molecule has 1 rings (SSSR count). The highest BCUT2D eigenvalue weighted by Crippen LogP contribution is 1.86. The van der Waals surface area contributed by atoms with Crippen LogP contribution in [0.5, 0.6) is 0 Å². The Balaban J connectivity index is 2.35. The van der Waals surface area contributed by atoms with Crippen LogP contribution in [-0.2, 0) is 6.54 Å². The number of allylic oxidation sites excluding steroid dienone is 1. The molecule has 54 valence electrons. The summed E-state index contributed by atoms with van der Waals surface area (Å²) < 4.78 is 0. The summed E-state index contributed by atoms with van der Waals surface area (Å²) in [6.45, 7) is 6.21. The molecule has 0 aromatic carbocycles. The summed E-state index contributed by atoms with van der Waals surface area (Å²) in [5.41, 5.74) is 0.921. The zero-order chi connectivity index (χ0) is 7.40. The van der Waals surface area contributed by atoms with E-state index in [0.717, 1.165) is 11.5 Å². The van der Waals surface area contributed by atoms with E-state index in [1.807, 2.05) is 6.92 Å². The van der Waals surface area contributed by atoms with Crippen LogP contribution in [0.3, 0.4) is 0 Å². The molecule has 0 aliphatic heterocycles. The van der Waals surface area contributed by atoms with Gasteiger partial charge < -0.3 is 5.32 Å². The van der Waals surface area contributed by atoms with Crippen LogP contribution in [0.1, 0.15) is 12.7 Å². The van der Waals surface area contributed by atoms with E-state index in [0.29, 0.717) is 6.54 Å². The van der Waals surface area contributed by atoms with Crippen LogP contribution in [0.2, 0.25) is 0 Å². The highest BCUT2D eigenvalue weighted by molar-refractivity contribution is 4.88. The maximum Gasteiger partial charge on any atom is 0.169 e. The fourth-order valence-corrected chi connectivity index (χ4v) is 0.551. The Bertz CT molecular complexity index is 202. The van der Waals surface area contributed by atoms with Crippen LogP contribution in [-0.4, -0.2) is 15.2 Å². The number of hydrogen-bond acceptors (Lipinski definition) is 3.